The molecule has 1 aromatic carbocycles. The summed E-state index contributed by atoms with van der Waals surface area (Å²) in [5.74, 6) is 0.664. The summed E-state index contributed by atoms with van der Waals surface area (Å²) in [6, 6.07) is 7.81. The highest BCUT2D eigenvalue weighted by Gasteiger charge is 2.05. The van der Waals surface area contributed by atoms with Gasteiger partial charge in [0.15, 0.2) is 0 Å². The fraction of sp³-hybridized carbons (Fsp3) is 0.357. The Balaban J connectivity index is 2.02. The van der Waals surface area contributed by atoms with E-state index in [0.717, 1.165) is 34.4 Å². The van der Waals surface area contributed by atoms with E-state index in [9.17, 15) is 0 Å². The molecule has 96 valence electrons. The highest BCUT2D eigenvalue weighted by molar-refractivity contribution is 7.09. The topological polar surface area (TPSA) is 24.9 Å². The molecule has 1 N–H and O–H groups in total. The van der Waals surface area contributed by atoms with Crippen molar-refractivity contribution in [3.8, 4) is 11.3 Å². The van der Waals surface area contributed by atoms with E-state index >= 15 is 0 Å². The summed E-state index contributed by atoms with van der Waals surface area (Å²) in [6.45, 7) is 6.26. The maximum atomic E-state index is 5.98. The highest BCUT2D eigenvalue weighted by Crippen LogP contribution is 2.24. The van der Waals surface area contributed by atoms with Crippen molar-refractivity contribution >= 4 is 22.9 Å². The van der Waals surface area contributed by atoms with Crippen molar-refractivity contribution in [2.45, 2.75) is 20.4 Å². The van der Waals surface area contributed by atoms with Crippen molar-refractivity contribution in [1.29, 1.82) is 0 Å². The van der Waals surface area contributed by atoms with Crippen LogP contribution in [0, 0.1) is 5.92 Å². The average molecular weight is 281 g/mol. The SMILES string of the molecule is CC(C)CNCc1nc(-c2cccc(Cl)c2)cs1. The van der Waals surface area contributed by atoms with E-state index in [4.69, 9.17) is 11.6 Å². The van der Waals surface area contributed by atoms with Gasteiger partial charge in [-0.15, -0.1) is 11.3 Å². The van der Waals surface area contributed by atoms with Gasteiger partial charge in [0, 0.05) is 22.5 Å². The maximum absolute atomic E-state index is 5.98. The van der Waals surface area contributed by atoms with Crippen molar-refractivity contribution in [2.75, 3.05) is 6.54 Å². The number of halogens is 1. The van der Waals surface area contributed by atoms with Crippen LogP contribution in [0.5, 0.6) is 0 Å². The zero-order valence-electron chi connectivity index (χ0n) is 10.6. The Hall–Kier alpha value is -0.900. The number of thiazole rings is 1. The largest absolute Gasteiger partial charge is 0.310 e. The van der Waals surface area contributed by atoms with Crippen molar-refractivity contribution in [2.24, 2.45) is 5.92 Å². The van der Waals surface area contributed by atoms with E-state index < -0.39 is 0 Å². The van der Waals surface area contributed by atoms with E-state index in [1.54, 1.807) is 11.3 Å². The summed E-state index contributed by atoms with van der Waals surface area (Å²) in [7, 11) is 0. The molecule has 0 bridgehead atoms. The Morgan fingerprint density at radius 2 is 2.22 bits per heavy atom. The fourth-order valence-corrected chi connectivity index (χ4v) is 2.60. The predicted molar refractivity (Wildman–Crippen MR) is 79.1 cm³/mol. The first-order chi connectivity index (χ1) is 8.65. The number of nitrogens with one attached hydrogen (secondary N) is 1. The van der Waals surface area contributed by atoms with Crippen molar-refractivity contribution in [3.05, 3.63) is 39.7 Å². The van der Waals surface area contributed by atoms with Crippen LogP contribution in [-0.2, 0) is 6.54 Å². The molecule has 0 aliphatic heterocycles. The zero-order chi connectivity index (χ0) is 13.0. The smallest absolute Gasteiger partial charge is 0.107 e. The number of hydrogen-bond donors (Lipinski definition) is 1. The minimum atomic E-state index is 0.664. The molecule has 0 unspecified atom stereocenters. The molecule has 0 aliphatic rings. The Bertz CT molecular complexity index is 508. The standard InChI is InChI=1S/C14H17ClN2S/c1-10(2)7-16-8-14-17-13(9-18-14)11-4-3-5-12(15)6-11/h3-6,9-10,16H,7-8H2,1-2H3. The zero-order valence-corrected chi connectivity index (χ0v) is 12.2. The van der Waals surface area contributed by atoms with E-state index in [1.807, 2.05) is 24.3 Å². The molecule has 1 aromatic heterocycles. The molecule has 0 saturated heterocycles. The van der Waals surface area contributed by atoms with Gasteiger partial charge >= 0.3 is 0 Å². The first-order valence-electron chi connectivity index (χ1n) is 6.06. The molecule has 0 fully saturated rings. The highest BCUT2D eigenvalue weighted by atomic mass is 35.5. The molecule has 2 nitrogen and oxygen atoms in total. The third-order valence-electron chi connectivity index (χ3n) is 2.50. The van der Waals surface area contributed by atoms with Gasteiger partial charge in [-0.05, 0) is 24.6 Å². The van der Waals surface area contributed by atoms with Gasteiger partial charge in [0.25, 0.3) is 0 Å². The van der Waals surface area contributed by atoms with E-state index in [2.05, 4.69) is 29.5 Å². The van der Waals surface area contributed by atoms with Crippen LogP contribution in [0.15, 0.2) is 29.6 Å². The quantitative estimate of drug-likeness (QED) is 0.887. The Labute approximate surface area is 117 Å². The van der Waals surface area contributed by atoms with Gasteiger partial charge in [-0.3, -0.25) is 0 Å². The number of aromatic nitrogens is 1. The minimum absolute atomic E-state index is 0.664. The molecule has 2 rings (SSSR count). The summed E-state index contributed by atoms with van der Waals surface area (Å²) in [6.07, 6.45) is 0. The van der Waals surface area contributed by atoms with E-state index in [1.165, 1.54) is 0 Å². The lowest BCUT2D eigenvalue weighted by atomic mass is 10.2. The van der Waals surface area contributed by atoms with Gasteiger partial charge in [-0.1, -0.05) is 37.6 Å². The molecule has 4 heteroatoms. The second-order valence-electron chi connectivity index (χ2n) is 4.66. The molecule has 2 aromatic rings. The molecule has 0 saturated carbocycles. The third-order valence-corrected chi connectivity index (χ3v) is 3.58. The predicted octanol–water partition coefficient (Wildman–Crippen LogP) is 4.21. The lowest BCUT2D eigenvalue weighted by molar-refractivity contribution is 0.551. The van der Waals surface area contributed by atoms with Crippen molar-refractivity contribution < 1.29 is 0 Å². The Kier molecular flexibility index (Phi) is 4.75. The minimum Gasteiger partial charge on any atom is -0.310 e. The monoisotopic (exact) mass is 280 g/mol. The normalized spacial score (nSPS) is 11.1. The first kappa shape index (κ1) is 13.5. The number of benzene rings is 1. The van der Waals surface area contributed by atoms with Crippen LogP contribution in [0.1, 0.15) is 18.9 Å². The van der Waals surface area contributed by atoms with Gasteiger partial charge < -0.3 is 5.32 Å². The van der Waals surface area contributed by atoms with Gasteiger partial charge in [0.05, 0.1) is 5.69 Å². The van der Waals surface area contributed by atoms with Crippen LogP contribution in [-0.4, -0.2) is 11.5 Å². The van der Waals surface area contributed by atoms with Gasteiger partial charge in [-0.2, -0.15) is 0 Å². The molecular weight excluding hydrogens is 264 g/mol. The molecule has 0 spiro atoms. The number of hydrogen-bond acceptors (Lipinski definition) is 3. The number of rotatable bonds is 5. The van der Waals surface area contributed by atoms with Gasteiger partial charge in [-0.25, -0.2) is 4.98 Å². The molecule has 18 heavy (non-hydrogen) atoms. The van der Waals surface area contributed by atoms with Crippen molar-refractivity contribution in [3.63, 3.8) is 0 Å². The summed E-state index contributed by atoms with van der Waals surface area (Å²) in [4.78, 5) is 4.62. The average Bonchev–Trinajstić information content (AvgIpc) is 2.77. The van der Waals surface area contributed by atoms with Gasteiger partial charge in [0.1, 0.15) is 5.01 Å². The summed E-state index contributed by atoms with van der Waals surface area (Å²) in [5.41, 5.74) is 2.08. The first-order valence-corrected chi connectivity index (χ1v) is 7.32. The molecule has 0 aliphatic carbocycles. The fourth-order valence-electron chi connectivity index (χ4n) is 1.64. The molecular formula is C14H17ClN2S. The lowest BCUT2D eigenvalue weighted by Gasteiger charge is -2.04. The Morgan fingerprint density at radius 1 is 1.39 bits per heavy atom. The van der Waals surface area contributed by atoms with E-state index in [-0.39, 0.29) is 0 Å². The summed E-state index contributed by atoms with van der Waals surface area (Å²) < 4.78 is 0. The van der Waals surface area contributed by atoms with E-state index in [0.29, 0.717) is 5.92 Å². The van der Waals surface area contributed by atoms with Crippen LogP contribution >= 0.6 is 22.9 Å². The molecule has 1 heterocycles. The van der Waals surface area contributed by atoms with Gasteiger partial charge in [0.2, 0.25) is 0 Å². The Morgan fingerprint density at radius 3 is 2.94 bits per heavy atom. The molecule has 0 atom stereocenters. The third kappa shape index (κ3) is 3.80. The second kappa shape index (κ2) is 6.32. The molecule has 0 radical (unpaired) electrons. The lowest BCUT2D eigenvalue weighted by Crippen LogP contribution is -2.18. The van der Waals surface area contributed by atoms with Crippen molar-refractivity contribution in [1.82, 2.24) is 10.3 Å². The van der Waals surface area contributed by atoms with Crippen LogP contribution in [0.2, 0.25) is 5.02 Å². The maximum Gasteiger partial charge on any atom is 0.107 e. The van der Waals surface area contributed by atoms with Crippen LogP contribution in [0.3, 0.4) is 0 Å². The van der Waals surface area contributed by atoms with Crippen LogP contribution < -0.4 is 5.32 Å². The van der Waals surface area contributed by atoms with Crippen LogP contribution in [0.25, 0.3) is 11.3 Å². The van der Waals surface area contributed by atoms with Crippen LogP contribution in [0.4, 0.5) is 0 Å². The second-order valence-corrected chi connectivity index (χ2v) is 6.04. The summed E-state index contributed by atoms with van der Waals surface area (Å²) in [5, 5.41) is 7.35. The number of nitrogens with zero attached hydrogens (tertiary/aromatic N) is 1. The summed E-state index contributed by atoms with van der Waals surface area (Å²) >= 11 is 7.67. The molecule has 0 amide bonds.